The van der Waals surface area contributed by atoms with Gasteiger partial charge in [-0.25, -0.2) is 0 Å². The Morgan fingerprint density at radius 2 is 1.43 bits per heavy atom. The Bertz CT molecular complexity index is 665. The zero-order chi connectivity index (χ0) is 27.4. The molecule has 6 nitrogen and oxygen atoms in total. The van der Waals surface area contributed by atoms with Crippen molar-refractivity contribution in [2.75, 3.05) is 13.2 Å². The number of aliphatic hydroxyl groups is 2. The molecule has 0 amide bonds. The normalized spacial score (nSPS) is 13.7. The highest BCUT2D eigenvalue weighted by Gasteiger charge is 2.15. The molecular formula is C31H52O6. The maximum Gasteiger partial charge on any atom is 0.306 e. The molecule has 212 valence electrons. The van der Waals surface area contributed by atoms with Crippen LogP contribution in [0.15, 0.2) is 48.6 Å². The molecule has 37 heavy (non-hydrogen) atoms. The third-order valence-corrected chi connectivity index (χ3v) is 5.71. The molecule has 0 aliphatic rings. The lowest BCUT2D eigenvalue weighted by molar-refractivity contribution is -0.161. The lowest BCUT2D eigenvalue weighted by atomic mass is 10.1. The summed E-state index contributed by atoms with van der Waals surface area (Å²) in [4.78, 5) is 23.7. The first-order valence-corrected chi connectivity index (χ1v) is 14.3. The summed E-state index contributed by atoms with van der Waals surface area (Å²) in [5.74, 6) is -0.720. The molecule has 6 heteroatoms. The number of ether oxygens (including phenoxy) is 2. The molecule has 2 N–H and O–H groups in total. The Labute approximate surface area is 225 Å². The fourth-order valence-electron chi connectivity index (χ4n) is 3.45. The highest BCUT2D eigenvalue weighted by atomic mass is 16.6. The number of aliphatic hydroxyl groups excluding tert-OH is 2. The van der Waals surface area contributed by atoms with E-state index in [9.17, 15) is 19.8 Å². The number of carbonyl (C=O) groups is 2. The molecule has 0 rings (SSSR count). The molecule has 0 radical (unpaired) electrons. The van der Waals surface area contributed by atoms with Gasteiger partial charge in [0.1, 0.15) is 6.61 Å². The van der Waals surface area contributed by atoms with Gasteiger partial charge in [0.25, 0.3) is 0 Å². The molecule has 0 bridgehead atoms. The average molecular weight is 521 g/mol. The molecule has 0 aliphatic heterocycles. The van der Waals surface area contributed by atoms with Crippen molar-refractivity contribution < 1.29 is 29.3 Å². The van der Waals surface area contributed by atoms with Crippen LogP contribution < -0.4 is 0 Å². The smallest absolute Gasteiger partial charge is 0.306 e. The van der Waals surface area contributed by atoms with Gasteiger partial charge in [0.05, 0.1) is 12.7 Å². The van der Waals surface area contributed by atoms with E-state index in [1.807, 2.05) is 36.5 Å². The Kier molecular flexibility index (Phi) is 25.3. The third kappa shape index (κ3) is 25.3. The highest BCUT2D eigenvalue weighted by molar-refractivity contribution is 5.70. The van der Waals surface area contributed by atoms with Gasteiger partial charge in [0.2, 0.25) is 0 Å². The van der Waals surface area contributed by atoms with Crippen molar-refractivity contribution in [3.8, 4) is 0 Å². The summed E-state index contributed by atoms with van der Waals surface area (Å²) < 4.78 is 10.3. The minimum atomic E-state index is -0.806. The van der Waals surface area contributed by atoms with Crippen molar-refractivity contribution in [2.24, 2.45) is 0 Å². The van der Waals surface area contributed by atoms with Crippen LogP contribution in [0.25, 0.3) is 0 Å². The molecule has 2 atom stereocenters. The zero-order valence-electron chi connectivity index (χ0n) is 23.3. The van der Waals surface area contributed by atoms with Crippen molar-refractivity contribution >= 4 is 11.9 Å². The second kappa shape index (κ2) is 26.9. The monoisotopic (exact) mass is 520 g/mol. The van der Waals surface area contributed by atoms with E-state index in [1.54, 1.807) is 6.08 Å². The Morgan fingerprint density at radius 3 is 2.19 bits per heavy atom. The minimum absolute atomic E-state index is 0.117. The number of esters is 2. The number of carbonyl (C=O) groups excluding carboxylic acids is 2. The van der Waals surface area contributed by atoms with E-state index in [0.29, 0.717) is 19.3 Å². The Morgan fingerprint density at radius 1 is 0.757 bits per heavy atom. The number of unbranched alkanes of at least 4 members (excludes halogenated alkanes) is 8. The first-order valence-electron chi connectivity index (χ1n) is 14.3. The predicted molar refractivity (Wildman–Crippen MR) is 151 cm³/mol. The fourth-order valence-corrected chi connectivity index (χ4v) is 3.45. The van der Waals surface area contributed by atoms with Gasteiger partial charge < -0.3 is 19.7 Å². The summed E-state index contributed by atoms with van der Waals surface area (Å²) in [5.41, 5.74) is 0. The second-order valence-corrected chi connectivity index (χ2v) is 9.32. The van der Waals surface area contributed by atoms with Crippen molar-refractivity contribution in [3.63, 3.8) is 0 Å². The summed E-state index contributed by atoms with van der Waals surface area (Å²) >= 11 is 0. The van der Waals surface area contributed by atoms with Crippen molar-refractivity contribution in [1.82, 2.24) is 0 Å². The van der Waals surface area contributed by atoms with E-state index in [-0.39, 0.29) is 31.6 Å². The lowest BCUT2D eigenvalue weighted by Gasteiger charge is -2.15. The highest BCUT2D eigenvalue weighted by Crippen LogP contribution is 2.08. The Hall–Kier alpha value is -2.18. The van der Waals surface area contributed by atoms with Gasteiger partial charge in [-0.1, -0.05) is 101 Å². The van der Waals surface area contributed by atoms with Crippen molar-refractivity contribution in [2.45, 2.75) is 122 Å². The number of hydrogen-bond donors (Lipinski definition) is 2. The van der Waals surface area contributed by atoms with E-state index in [0.717, 1.165) is 51.4 Å². The molecule has 0 fully saturated rings. The van der Waals surface area contributed by atoms with Crippen LogP contribution in [0, 0.1) is 0 Å². The van der Waals surface area contributed by atoms with Crippen molar-refractivity contribution in [1.29, 1.82) is 0 Å². The van der Waals surface area contributed by atoms with E-state index in [1.165, 1.54) is 19.3 Å². The minimum Gasteiger partial charge on any atom is -0.462 e. The van der Waals surface area contributed by atoms with Crippen LogP contribution in [0.3, 0.4) is 0 Å². The van der Waals surface area contributed by atoms with Crippen LogP contribution in [0.2, 0.25) is 0 Å². The summed E-state index contributed by atoms with van der Waals surface area (Å²) in [6, 6.07) is 0. The topological polar surface area (TPSA) is 93.1 Å². The summed E-state index contributed by atoms with van der Waals surface area (Å²) in [7, 11) is 0. The molecule has 0 aliphatic carbocycles. The first-order chi connectivity index (χ1) is 18.0. The fraction of sp³-hybridized carbons (Fsp3) is 0.677. The maximum absolute atomic E-state index is 11.9. The predicted octanol–water partition coefficient (Wildman–Crippen LogP) is 6.91. The van der Waals surface area contributed by atoms with Crippen LogP contribution in [0.5, 0.6) is 0 Å². The van der Waals surface area contributed by atoms with Gasteiger partial charge in [-0.2, -0.15) is 0 Å². The van der Waals surface area contributed by atoms with Crippen LogP contribution in [-0.2, 0) is 19.1 Å². The van der Waals surface area contributed by atoms with Gasteiger partial charge in [0, 0.05) is 12.8 Å². The second-order valence-electron chi connectivity index (χ2n) is 9.32. The number of rotatable bonds is 24. The summed E-state index contributed by atoms with van der Waals surface area (Å²) in [6.45, 7) is 3.85. The van der Waals surface area contributed by atoms with Crippen molar-refractivity contribution in [3.05, 3.63) is 48.6 Å². The molecule has 0 spiro atoms. The number of hydrogen-bond acceptors (Lipinski definition) is 6. The van der Waals surface area contributed by atoms with Gasteiger partial charge in [-0.05, 0) is 44.9 Å². The molecule has 0 saturated heterocycles. The van der Waals surface area contributed by atoms with Gasteiger partial charge in [-0.3, -0.25) is 9.59 Å². The molecule has 0 aromatic heterocycles. The molecular weight excluding hydrogens is 468 g/mol. The lowest BCUT2D eigenvalue weighted by Crippen LogP contribution is -2.28. The van der Waals surface area contributed by atoms with E-state index < -0.39 is 12.2 Å². The van der Waals surface area contributed by atoms with Gasteiger partial charge >= 0.3 is 11.9 Å². The quantitative estimate of drug-likeness (QED) is 0.0622. The largest absolute Gasteiger partial charge is 0.462 e. The average Bonchev–Trinajstić information content (AvgIpc) is 2.89. The zero-order valence-corrected chi connectivity index (χ0v) is 23.3. The van der Waals surface area contributed by atoms with Crippen LogP contribution in [0.1, 0.15) is 110 Å². The maximum atomic E-state index is 11.9. The molecule has 0 aromatic carbocycles. The Balaban J connectivity index is 3.83. The SMILES string of the molecule is CCCCC/C=C\C=C/[C@@H](O)C/C=C\C/C=C/CCCC(=O)OC[C@H](CO)OC(=O)CCCCCCC. The molecule has 0 heterocycles. The van der Waals surface area contributed by atoms with Crippen LogP contribution in [-0.4, -0.2) is 47.6 Å². The van der Waals surface area contributed by atoms with Gasteiger partial charge in [0.15, 0.2) is 6.10 Å². The summed E-state index contributed by atoms with van der Waals surface area (Å²) in [6.07, 6.45) is 28.0. The third-order valence-electron chi connectivity index (χ3n) is 5.71. The molecule has 0 saturated carbocycles. The standard InChI is InChI=1S/C31H52O6/c1-3-5-7-9-11-15-18-22-28(33)23-19-16-12-10-13-17-20-24-30(34)36-27-29(26-32)37-31(35)25-21-14-8-6-4-2/h10-11,13,15-16,18-19,22,28-29,32-33H,3-9,12,14,17,20-21,23-27H2,1-2H3/b13-10+,15-11-,19-16-,22-18-/t28-,29+/m1/s1. The first kappa shape index (κ1) is 34.8. The van der Waals surface area contributed by atoms with Crippen LogP contribution in [0.4, 0.5) is 0 Å². The summed E-state index contributed by atoms with van der Waals surface area (Å²) in [5, 5.41) is 19.3. The van der Waals surface area contributed by atoms with Crippen LogP contribution >= 0.6 is 0 Å². The molecule has 0 aromatic rings. The number of allylic oxidation sites excluding steroid dienone is 6. The van der Waals surface area contributed by atoms with E-state index in [4.69, 9.17) is 9.47 Å². The van der Waals surface area contributed by atoms with Gasteiger partial charge in [-0.15, -0.1) is 0 Å². The van der Waals surface area contributed by atoms with E-state index in [2.05, 4.69) is 19.9 Å². The van der Waals surface area contributed by atoms with E-state index >= 15 is 0 Å². The molecule has 0 unspecified atom stereocenters.